The van der Waals surface area contributed by atoms with Crippen molar-refractivity contribution < 1.29 is 0 Å². The molecule has 0 aliphatic carbocycles. The summed E-state index contributed by atoms with van der Waals surface area (Å²) in [5, 5.41) is 9.35. The minimum Gasteiger partial charge on any atom is -0.309 e. The lowest BCUT2D eigenvalue weighted by Crippen LogP contribution is -2.08. The third-order valence-corrected chi connectivity index (χ3v) is 14.0. The molecule has 0 unspecified atom stereocenters. The van der Waals surface area contributed by atoms with Crippen molar-refractivity contribution >= 4 is 96.9 Å². The second-order valence-electron chi connectivity index (χ2n) is 16.4. The summed E-state index contributed by atoms with van der Waals surface area (Å²) in [4.78, 5) is 16.2. The van der Waals surface area contributed by atoms with Crippen LogP contribution < -0.4 is 0 Å². The number of aromatic nitrogens is 6. The molecule has 298 valence electrons. The number of hydrogen-bond acceptors (Lipinski definition) is 4. The van der Waals surface area contributed by atoms with Crippen molar-refractivity contribution in [2.24, 2.45) is 0 Å². The average molecular weight is 835 g/mol. The van der Waals surface area contributed by atoms with E-state index in [1.165, 1.54) is 30.9 Å². The van der Waals surface area contributed by atoms with E-state index in [2.05, 4.69) is 202 Å². The molecule has 0 radical (unpaired) electrons. The van der Waals surface area contributed by atoms with Crippen LogP contribution in [0.4, 0.5) is 0 Å². The third-order valence-electron chi connectivity index (χ3n) is 12.9. The standard InChI is InChI=1S/C57H34N6S/c1-3-17-35(18-4-1)55-58-56(36-31-32-51-43(33-36)41-24-11-16-30-50(41)64-51)60-57(59-55)63-47-28-14-9-23-40(47)44-34-49-52(42-25-10-15-29-48(42)61(49)37-19-5-2-6-20-37)54(53(44)63)62-45-26-12-7-21-38(45)39-22-8-13-27-46(39)62/h1-34H. The molecule has 0 amide bonds. The highest BCUT2D eigenvalue weighted by atomic mass is 32.1. The lowest BCUT2D eigenvalue weighted by atomic mass is 10.1. The zero-order valence-corrected chi connectivity index (χ0v) is 35.0. The Balaban J connectivity index is 1.19. The van der Waals surface area contributed by atoms with Crippen LogP contribution in [-0.2, 0) is 0 Å². The minimum atomic E-state index is 0.554. The van der Waals surface area contributed by atoms with E-state index in [-0.39, 0.29) is 0 Å². The number of nitrogens with zero attached hydrogens (tertiary/aromatic N) is 6. The molecule has 14 rings (SSSR count). The maximum absolute atomic E-state index is 5.52. The number of rotatable bonds is 5. The number of hydrogen-bond donors (Lipinski definition) is 0. The quantitative estimate of drug-likeness (QED) is 0.174. The smallest absolute Gasteiger partial charge is 0.238 e. The summed E-state index contributed by atoms with van der Waals surface area (Å²) < 4.78 is 9.71. The van der Waals surface area contributed by atoms with Crippen molar-refractivity contribution in [3.05, 3.63) is 206 Å². The van der Waals surface area contributed by atoms with E-state index in [0.29, 0.717) is 17.6 Å². The van der Waals surface area contributed by atoms with Gasteiger partial charge in [0.2, 0.25) is 5.95 Å². The maximum Gasteiger partial charge on any atom is 0.238 e. The molecule has 9 aromatic carbocycles. The Morgan fingerprint density at radius 2 is 0.844 bits per heavy atom. The normalized spacial score (nSPS) is 12.1. The van der Waals surface area contributed by atoms with Crippen molar-refractivity contribution in [2.45, 2.75) is 0 Å². The van der Waals surface area contributed by atoms with Gasteiger partial charge in [0.15, 0.2) is 11.6 Å². The van der Waals surface area contributed by atoms with Crippen molar-refractivity contribution in [3.63, 3.8) is 0 Å². The fraction of sp³-hybridized carbons (Fsp3) is 0. The predicted molar refractivity (Wildman–Crippen MR) is 267 cm³/mol. The lowest BCUT2D eigenvalue weighted by Gasteiger charge is -2.17. The zero-order chi connectivity index (χ0) is 41.9. The van der Waals surface area contributed by atoms with Crippen LogP contribution in [0.1, 0.15) is 0 Å². The molecule has 0 aliphatic rings. The molecule has 0 spiro atoms. The Morgan fingerprint density at radius 3 is 1.53 bits per heavy atom. The molecule has 0 fully saturated rings. The van der Waals surface area contributed by atoms with Crippen LogP contribution >= 0.6 is 11.3 Å². The molecule has 0 saturated heterocycles. The van der Waals surface area contributed by atoms with E-state index >= 15 is 0 Å². The molecule has 5 aromatic heterocycles. The first-order chi connectivity index (χ1) is 31.8. The first-order valence-electron chi connectivity index (χ1n) is 21.5. The summed E-state index contributed by atoms with van der Waals surface area (Å²) in [6.07, 6.45) is 0. The molecule has 0 bridgehead atoms. The summed E-state index contributed by atoms with van der Waals surface area (Å²) in [7, 11) is 0. The van der Waals surface area contributed by atoms with E-state index in [0.717, 1.165) is 77.1 Å². The highest BCUT2D eigenvalue weighted by Crippen LogP contribution is 2.47. The maximum atomic E-state index is 5.52. The number of para-hydroxylation sites is 5. The highest BCUT2D eigenvalue weighted by Gasteiger charge is 2.28. The SMILES string of the molecule is c1ccc(-c2nc(-c3ccc4sc5ccccc5c4c3)nc(-n3c4ccccc4c4cc5c(c(-n6c7ccccc7c7ccccc76)c43)c3ccccc3n5-c3ccccc3)n2)cc1. The molecule has 0 saturated carbocycles. The molecule has 14 aromatic rings. The van der Waals surface area contributed by atoms with Gasteiger partial charge in [-0.15, -0.1) is 11.3 Å². The first-order valence-corrected chi connectivity index (χ1v) is 22.4. The Labute approximate surface area is 370 Å². The monoisotopic (exact) mass is 834 g/mol. The van der Waals surface area contributed by atoms with E-state index in [1.54, 1.807) is 0 Å². The number of benzene rings is 9. The van der Waals surface area contributed by atoms with Gasteiger partial charge >= 0.3 is 0 Å². The van der Waals surface area contributed by atoms with Crippen LogP contribution in [0, 0.1) is 0 Å². The van der Waals surface area contributed by atoms with Crippen LogP contribution in [0.2, 0.25) is 0 Å². The fourth-order valence-electron chi connectivity index (χ4n) is 10.2. The Hall–Kier alpha value is -8.39. The van der Waals surface area contributed by atoms with Crippen molar-refractivity contribution in [2.75, 3.05) is 0 Å². The van der Waals surface area contributed by atoms with Gasteiger partial charge in [0.05, 0.1) is 38.8 Å². The van der Waals surface area contributed by atoms with Gasteiger partial charge in [-0.05, 0) is 66.7 Å². The topological polar surface area (TPSA) is 53.5 Å². The molecule has 7 heteroatoms. The van der Waals surface area contributed by atoms with Crippen molar-refractivity contribution in [3.8, 4) is 40.1 Å². The Kier molecular flexibility index (Phi) is 7.46. The lowest BCUT2D eigenvalue weighted by molar-refractivity contribution is 0.951. The van der Waals surface area contributed by atoms with E-state index in [1.807, 2.05) is 29.5 Å². The summed E-state index contributed by atoms with van der Waals surface area (Å²) in [6.45, 7) is 0. The molecular formula is C57H34N6S. The molecule has 64 heavy (non-hydrogen) atoms. The largest absolute Gasteiger partial charge is 0.309 e. The average Bonchev–Trinajstić information content (AvgIpc) is 4.10. The summed E-state index contributed by atoms with van der Waals surface area (Å²) in [5.41, 5.74) is 10.6. The first kappa shape index (κ1) is 35.2. The zero-order valence-electron chi connectivity index (χ0n) is 34.2. The molecule has 0 atom stereocenters. The van der Waals surface area contributed by atoms with Gasteiger partial charge in [0.1, 0.15) is 0 Å². The van der Waals surface area contributed by atoms with Gasteiger partial charge in [-0.1, -0.05) is 140 Å². The summed E-state index contributed by atoms with van der Waals surface area (Å²) in [6, 6.07) is 73.7. The van der Waals surface area contributed by atoms with Gasteiger partial charge in [-0.25, -0.2) is 4.98 Å². The minimum absolute atomic E-state index is 0.554. The van der Waals surface area contributed by atoms with Crippen molar-refractivity contribution in [1.29, 1.82) is 0 Å². The van der Waals surface area contributed by atoms with Gasteiger partial charge in [-0.3, -0.25) is 4.57 Å². The van der Waals surface area contributed by atoms with Crippen molar-refractivity contribution in [1.82, 2.24) is 28.7 Å². The van der Waals surface area contributed by atoms with E-state index in [4.69, 9.17) is 15.0 Å². The van der Waals surface area contributed by atoms with Crippen LogP contribution in [-0.4, -0.2) is 28.7 Å². The molecule has 5 heterocycles. The fourth-order valence-corrected chi connectivity index (χ4v) is 11.3. The predicted octanol–water partition coefficient (Wildman–Crippen LogP) is 14.9. The van der Waals surface area contributed by atoms with Crippen LogP contribution in [0.3, 0.4) is 0 Å². The van der Waals surface area contributed by atoms with Gasteiger partial charge in [0.25, 0.3) is 0 Å². The second kappa shape index (κ2) is 13.6. The van der Waals surface area contributed by atoms with E-state index < -0.39 is 0 Å². The molecule has 0 N–H and O–H groups in total. The molecular weight excluding hydrogens is 801 g/mol. The summed E-state index contributed by atoms with van der Waals surface area (Å²) >= 11 is 1.81. The van der Waals surface area contributed by atoms with Gasteiger partial charge < -0.3 is 9.13 Å². The van der Waals surface area contributed by atoms with Gasteiger partial charge in [0, 0.05) is 69.3 Å². The van der Waals surface area contributed by atoms with Gasteiger partial charge in [-0.2, -0.15) is 9.97 Å². The Bertz CT molecular complexity index is 4140. The third kappa shape index (κ3) is 5.04. The van der Waals surface area contributed by atoms with E-state index in [9.17, 15) is 0 Å². The molecule has 6 nitrogen and oxygen atoms in total. The Morgan fingerprint density at radius 1 is 0.328 bits per heavy atom. The number of fused-ring (bicyclic) bond motifs is 12. The molecule has 0 aliphatic heterocycles. The van der Waals surface area contributed by atoms with Crippen LogP contribution in [0.5, 0.6) is 0 Å². The second-order valence-corrected chi connectivity index (χ2v) is 17.5. The highest BCUT2D eigenvalue weighted by molar-refractivity contribution is 7.25. The van der Waals surface area contributed by atoms with Crippen LogP contribution in [0.25, 0.3) is 126 Å². The van der Waals surface area contributed by atoms with Crippen LogP contribution in [0.15, 0.2) is 206 Å². The number of thiophene rings is 1. The summed E-state index contributed by atoms with van der Waals surface area (Å²) in [5.74, 6) is 1.78.